The quantitative estimate of drug-likeness (QED) is 0.609. The summed E-state index contributed by atoms with van der Waals surface area (Å²) in [6.45, 7) is 3.93. The normalized spacial score (nSPS) is 10.6. The lowest BCUT2D eigenvalue weighted by Crippen LogP contribution is -2.12. The molecular formula is C20H19N3O2S2. The number of amides is 2. The van der Waals surface area contributed by atoms with Gasteiger partial charge in [0.1, 0.15) is 10.7 Å². The van der Waals surface area contributed by atoms with Crippen molar-refractivity contribution in [3.63, 3.8) is 0 Å². The first-order chi connectivity index (χ1) is 12.9. The molecule has 0 saturated heterocycles. The van der Waals surface area contributed by atoms with Gasteiger partial charge in [0, 0.05) is 11.1 Å². The van der Waals surface area contributed by atoms with Gasteiger partial charge in [0.05, 0.1) is 5.75 Å². The molecule has 0 bridgehead atoms. The van der Waals surface area contributed by atoms with Crippen molar-refractivity contribution >= 4 is 39.9 Å². The molecule has 1 aromatic heterocycles. The number of primary amides is 1. The van der Waals surface area contributed by atoms with Gasteiger partial charge in [0.25, 0.3) is 5.91 Å². The van der Waals surface area contributed by atoms with Gasteiger partial charge < -0.3 is 11.1 Å². The minimum atomic E-state index is -0.405. The molecule has 5 nitrogen and oxygen atoms in total. The van der Waals surface area contributed by atoms with Crippen LogP contribution in [0.5, 0.6) is 0 Å². The maximum Gasteiger partial charge on any atom is 0.256 e. The molecule has 2 aromatic carbocycles. The van der Waals surface area contributed by atoms with Gasteiger partial charge in [0.2, 0.25) is 5.91 Å². The van der Waals surface area contributed by atoms with Gasteiger partial charge >= 0.3 is 0 Å². The van der Waals surface area contributed by atoms with Crippen LogP contribution in [0.3, 0.4) is 0 Å². The number of thioether (sulfide) groups is 1. The van der Waals surface area contributed by atoms with Crippen molar-refractivity contribution in [3.8, 4) is 11.3 Å². The van der Waals surface area contributed by atoms with E-state index in [1.54, 1.807) is 0 Å². The minimum absolute atomic E-state index is 0.145. The fraction of sp³-hybridized carbons (Fsp3) is 0.150. The minimum Gasteiger partial charge on any atom is -0.369 e. The summed E-state index contributed by atoms with van der Waals surface area (Å²) in [5.41, 5.74) is 9.48. The van der Waals surface area contributed by atoms with Crippen LogP contribution in [-0.2, 0) is 4.79 Å². The highest BCUT2D eigenvalue weighted by atomic mass is 32.2. The monoisotopic (exact) mass is 397 g/mol. The second-order valence-electron chi connectivity index (χ2n) is 6.11. The van der Waals surface area contributed by atoms with Crippen molar-refractivity contribution in [2.75, 3.05) is 11.1 Å². The summed E-state index contributed by atoms with van der Waals surface area (Å²) in [6.07, 6.45) is 0. The summed E-state index contributed by atoms with van der Waals surface area (Å²) in [5, 5.41) is 3.63. The van der Waals surface area contributed by atoms with Gasteiger partial charge in [-0.3, -0.25) is 9.59 Å². The fourth-order valence-electron chi connectivity index (χ4n) is 2.65. The van der Waals surface area contributed by atoms with Crippen molar-refractivity contribution in [3.05, 3.63) is 65.2 Å². The molecule has 2 amide bonds. The number of aryl methyl sites for hydroxylation is 2. The van der Waals surface area contributed by atoms with Crippen LogP contribution in [-0.4, -0.2) is 22.6 Å². The van der Waals surface area contributed by atoms with Crippen LogP contribution in [0.25, 0.3) is 11.3 Å². The summed E-state index contributed by atoms with van der Waals surface area (Å²) in [5.74, 6) is -0.446. The first kappa shape index (κ1) is 19.1. The highest BCUT2D eigenvalue weighted by Crippen LogP contribution is 2.37. The predicted molar refractivity (Wildman–Crippen MR) is 111 cm³/mol. The van der Waals surface area contributed by atoms with Gasteiger partial charge in [0.15, 0.2) is 4.34 Å². The van der Waals surface area contributed by atoms with Crippen LogP contribution in [0, 0.1) is 13.8 Å². The Kier molecular flexibility index (Phi) is 5.93. The van der Waals surface area contributed by atoms with Crippen LogP contribution in [0.1, 0.15) is 21.5 Å². The molecule has 0 fully saturated rings. The van der Waals surface area contributed by atoms with E-state index in [1.165, 1.54) is 23.1 Å². The molecule has 7 heteroatoms. The molecule has 0 aliphatic rings. The Hall–Kier alpha value is -2.64. The third kappa shape index (κ3) is 4.96. The predicted octanol–water partition coefficient (Wildman–Crippen LogP) is 4.26. The van der Waals surface area contributed by atoms with Crippen molar-refractivity contribution < 1.29 is 9.59 Å². The molecule has 3 rings (SSSR count). The van der Waals surface area contributed by atoms with Crippen LogP contribution < -0.4 is 11.1 Å². The molecule has 3 aromatic rings. The zero-order valence-corrected chi connectivity index (χ0v) is 16.6. The van der Waals surface area contributed by atoms with E-state index in [0.717, 1.165) is 16.7 Å². The number of benzene rings is 2. The van der Waals surface area contributed by atoms with Crippen molar-refractivity contribution in [2.45, 2.75) is 18.2 Å². The number of nitrogens with two attached hydrogens (primary N) is 1. The summed E-state index contributed by atoms with van der Waals surface area (Å²) >= 11 is 2.61. The number of nitrogens with one attached hydrogen (secondary N) is 1. The number of carbonyl (C=O) groups excluding carboxylic acids is 2. The number of aromatic nitrogens is 1. The Morgan fingerprint density at radius 2 is 1.78 bits per heavy atom. The SMILES string of the molecule is Cc1cc(C)cc(C(=O)Nc2sc(SCC(N)=O)nc2-c2ccccc2)c1. The first-order valence-corrected chi connectivity index (χ1v) is 10.1. The number of thiazole rings is 1. The van der Waals surface area contributed by atoms with E-state index in [4.69, 9.17) is 5.73 Å². The molecule has 0 saturated carbocycles. The molecule has 1 heterocycles. The van der Waals surface area contributed by atoms with Gasteiger partial charge in [-0.25, -0.2) is 4.98 Å². The van der Waals surface area contributed by atoms with Crippen molar-refractivity contribution in [2.24, 2.45) is 5.73 Å². The van der Waals surface area contributed by atoms with E-state index in [9.17, 15) is 9.59 Å². The molecule has 0 unspecified atom stereocenters. The molecule has 27 heavy (non-hydrogen) atoms. The molecular weight excluding hydrogens is 378 g/mol. The Labute approximate surface area is 166 Å². The first-order valence-electron chi connectivity index (χ1n) is 8.29. The Morgan fingerprint density at radius 3 is 2.41 bits per heavy atom. The van der Waals surface area contributed by atoms with E-state index in [-0.39, 0.29) is 11.7 Å². The summed E-state index contributed by atoms with van der Waals surface area (Å²) in [7, 11) is 0. The lowest BCUT2D eigenvalue weighted by atomic mass is 10.1. The van der Waals surface area contributed by atoms with E-state index in [2.05, 4.69) is 10.3 Å². The topological polar surface area (TPSA) is 85.1 Å². The molecule has 0 aliphatic carbocycles. The highest BCUT2D eigenvalue weighted by molar-refractivity contribution is 8.01. The average molecular weight is 398 g/mol. The van der Waals surface area contributed by atoms with E-state index in [1.807, 2.05) is 62.4 Å². The van der Waals surface area contributed by atoms with Crippen molar-refractivity contribution in [1.29, 1.82) is 0 Å². The number of hydrogen-bond donors (Lipinski definition) is 2. The summed E-state index contributed by atoms with van der Waals surface area (Å²) in [4.78, 5) is 28.4. The summed E-state index contributed by atoms with van der Waals surface area (Å²) < 4.78 is 0.684. The number of anilines is 1. The Balaban J connectivity index is 1.92. The lowest BCUT2D eigenvalue weighted by molar-refractivity contribution is -0.115. The molecule has 138 valence electrons. The smallest absolute Gasteiger partial charge is 0.256 e. The maximum absolute atomic E-state index is 12.8. The van der Waals surface area contributed by atoms with Crippen LogP contribution in [0.4, 0.5) is 5.00 Å². The summed E-state index contributed by atoms with van der Waals surface area (Å²) in [6, 6.07) is 15.4. The zero-order valence-electron chi connectivity index (χ0n) is 15.0. The Morgan fingerprint density at radius 1 is 1.11 bits per heavy atom. The van der Waals surface area contributed by atoms with Crippen LogP contribution in [0.2, 0.25) is 0 Å². The van der Waals surface area contributed by atoms with E-state index in [0.29, 0.717) is 20.6 Å². The third-order valence-corrected chi connectivity index (χ3v) is 5.84. The lowest BCUT2D eigenvalue weighted by Gasteiger charge is -2.07. The molecule has 3 N–H and O–H groups in total. The Bertz CT molecular complexity index is 964. The molecule has 0 radical (unpaired) electrons. The highest BCUT2D eigenvalue weighted by Gasteiger charge is 2.17. The van der Waals surface area contributed by atoms with Crippen LogP contribution >= 0.6 is 23.1 Å². The second-order valence-corrected chi connectivity index (χ2v) is 8.33. The van der Waals surface area contributed by atoms with Gasteiger partial charge in [-0.15, -0.1) is 0 Å². The van der Waals surface area contributed by atoms with Gasteiger partial charge in [-0.2, -0.15) is 0 Å². The van der Waals surface area contributed by atoms with E-state index >= 15 is 0 Å². The zero-order chi connectivity index (χ0) is 19.4. The average Bonchev–Trinajstić information content (AvgIpc) is 3.02. The van der Waals surface area contributed by atoms with Crippen molar-refractivity contribution in [1.82, 2.24) is 4.98 Å². The number of hydrogen-bond acceptors (Lipinski definition) is 5. The molecule has 0 spiro atoms. The number of rotatable bonds is 6. The van der Waals surface area contributed by atoms with Gasteiger partial charge in [-0.05, 0) is 26.0 Å². The largest absolute Gasteiger partial charge is 0.369 e. The second kappa shape index (κ2) is 8.37. The third-order valence-electron chi connectivity index (χ3n) is 3.70. The van der Waals surface area contributed by atoms with Gasteiger partial charge in [-0.1, -0.05) is 70.6 Å². The number of nitrogens with zero attached hydrogens (tertiary/aromatic N) is 1. The maximum atomic E-state index is 12.8. The van der Waals surface area contributed by atoms with Crippen LogP contribution in [0.15, 0.2) is 52.9 Å². The molecule has 0 atom stereocenters. The molecule has 0 aliphatic heterocycles. The standard InChI is InChI=1S/C20H19N3O2S2/c1-12-8-13(2)10-15(9-12)18(25)23-19-17(14-6-4-3-5-7-14)22-20(27-19)26-11-16(21)24/h3-10H,11H2,1-2H3,(H2,21,24)(H,23,25). The fourth-order valence-corrected chi connectivity index (χ4v) is 4.45. The van der Waals surface area contributed by atoms with E-state index < -0.39 is 5.91 Å². The number of carbonyl (C=O) groups is 2.